The molecular weight excluding hydrogens is 767 g/mol. The highest BCUT2D eigenvalue weighted by atomic mass is 16.5. The molecule has 3 nitrogen and oxygen atoms in total. The average molecular weight is 812 g/mol. The molecule has 63 heavy (non-hydrogen) atoms. The first-order chi connectivity index (χ1) is 30.7. The smallest absolute Gasteiger partial charge is 0.143 e. The number of rotatable bonds is 6. The van der Waals surface area contributed by atoms with Gasteiger partial charge in [-0.1, -0.05) is 161 Å². The highest BCUT2D eigenvalue weighted by Gasteiger charge is 2.37. The van der Waals surface area contributed by atoms with Crippen LogP contribution in [0, 0.1) is 0 Å². The van der Waals surface area contributed by atoms with Gasteiger partial charge in [0.25, 0.3) is 0 Å². The summed E-state index contributed by atoms with van der Waals surface area (Å²) >= 11 is 0. The molecule has 9 aromatic carbocycles. The van der Waals surface area contributed by atoms with Crippen LogP contribution < -0.4 is 9.64 Å². The van der Waals surface area contributed by atoms with Crippen molar-refractivity contribution in [1.82, 2.24) is 0 Å². The van der Waals surface area contributed by atoms with Gasteiger partial charge in [-0.15, -0.1) is 0 Å². The van der Waals surface area contributed by atoms with E-state index in [1.54, 1.807) is 0 Å². The summed E-state index contributed by atoms with van der Waals surface area (Å²) < 4.78 is 13.1. The van der Waals surface area contributed by atoms with Crippen LogP contribution in [0.1, 0.15) is 49.9 Å². The van der Waals surface area contributed by atoms with Gasteiger partial charge in [0.1, 0.15) is 22.7 Å². The van der Waals surface area contributed by atoms with Crippen LogP contribution in [0.3, 0.4) is 0 Å². The summed E-state index contributed by atoms with van der Waals surface area (Å²) in [6.45, 7) is 9.31. The Hall–Kier alpha value is -7.62. The SMILES string of the molecule is CC1(C)c2ccccc2-c2ccc(N(c3ccc(-c4ccc5c(c4)C(C)(C)c4ccc6oc7ccccc7c6c4O5)cc3)c3cc(-c4ccccc4)cc(-c4ccccc4)c3)cc21. The molecule has 0 N–H and O–H groups in total. The van der Waals surface area contributed by atoms with Crippen LogP contribution >= 0.6 is 0 Å². The first-order valence-electron chi connectivity index (χ1n) is 21.9. The fraction of sp³-hybridized carbons (Fsp3) is 0.100. The zero-order valence-corrected chi connectivity index (χ0v) is 35.8. The summed E-state index contributed by atoms with van der Waals surface area (Å²) in [5, 5.41) is 2.11. The maximum Gasteiger partial charge on any atom is 0.143 e. The monoisotopic (exact) mass is 811 g/mol. The van der Waals surface area contributed by atoms with E-state index in [1.807, 2.05) is 12.1 Å². The normalized spacial score (nSPS) is 14.1. The molecule has 1 aliphatic carbocycles. The fourth-order valence-electron chi connectivity index (χ4n) is 10.3. The lowest BCUT2D eigenvalue weighted by Crippen LogP contribution is -2.24. The number of furan rings is 1. The summed E-state index contributed by atoms with van der Waals surface area (Å²) in [5.74, 6) is 1.77. The zero-order valence-electron chi connectivity index (χ0n) is 35.8. The largest absolute Gasteiger partial charge is 0.456 e. The number of para-hydroxylation sites is 1. The molecule has 0 fully saturated rings. The highest BCUT2D eigenvalue weighted by Crippen LogP contribution is 2.54. The van der Waals surface area contributed by atoms with Crippen molar-refractivity contribution in [3.05, 3.63) is 222 Å². The van der Waals surface area contributed by atoms with Crippen molar-refractivity contribution in [3.63, 3.8) is 0 Å². The van der Waals surface area contributed by atoms with Crippen molar-refractivity contribution < 1.29 is 9.15 Å². The van der Waals surface area contributed by atoms with Crippen LogP contribution in [0.2, 0.25) is 0 Å². The maximum atomic E-state index is 6.82. The number of fused-ring (bicyclic) bond motifs is 9. The van der Waals surface area contributed by atoms with E-state index in [0.717, 1.165) is 67.2 Å². The molecule has 0 atom stereocenters. The number of nitrogens with zero attached hydrogens (tertiary/aromatic N) is 1. The Kier molecular flexibility index (Phi) is 8.23. The van der Waals surface area contributed by atoms with Crippen LogP contribution in [-0.2, 0) is 10.8 Å². The minimum Gasteiger partial charge on any atom is -0.456 e. The summed E-state index contributed by atoms with van der Waals surface area (Å²) in [5.41, 5.74) is 19.3. The lowest BCUT2D eigenvalue weighted by atomic mass is 9.74. The number of benzene rings is 9. The average Bonchev–Trinajstić information content (AvgIpc) is 3.82. The Morgan fingerprint density at radius 2 is 0.968 bits per heavy atom. The number of ether oxygens (including phenoxy) is 1. The van der Waals surface area contributed by atoms with Gasteiger partial charge in [-0.3, -0.25) is 0 Å². The second-order valence-corrected chi connectivity index (χ2v) is 18.1. The third kappa shape index (κ3) is 5.87. The predicted octanol–water partition coefficient (Wildman–Crippen LogP) is 16.8. The highest BCUT2D eigenvalue weighted by molar-refractivity contribution is 6.09. The second-order valence-electron chi connectivity index (χ2n) is 18.1. The van der Waals surface area contributed by atoms with E-state index in [1.165, 1.54) is 50.1 Å². The molecule has 10 aromatic rings. The first-order valence-corrected chi connectivity index (χ1v) is 21.9. The van der Waals surface area contributed by atoms with Crippen molar-refractivity contribution >= 4 is 39.0 Å². The van der Waals surface area contributed by atoms with Crippen LogP contribution in [-0.4, -0.2) is 0 Å². The van der Waals surface area contributed by atoms with Gasteiger partial charge in [-0.25, -0.2) is 0 Å². The lowest BCUT2D eigenvalue weighted by Gasteiger charge is -2.35. The Morgan fingerprint density at radius 3 is 1.71 bits per heavy atom. The molecule has 1 aliphatic heterocycles. The van der Waals surface area contributed by atoms with Crippen molar-refractivity contribution in [2.24, 2.45) is 0 Å². The Labute approximate surface area is 368 Å². The second kappa shape index (κ2) is 14.0. The Bertz CT molecular complexity index is 3350. The lowest BCUT2D eigenvalue weighted by molar-refractivity contribution is 0.423. The molecule has 3 heteroatoms. The third-order valence-electron chi connectivity index (χ3n) is 13.7. The molecule has 1 aromatic heterocycles. The molecule has 0 amide bonds. The van der Waals surface area contributed by atoms with Crippen LogP contribution in [0.15, 0.2) is 205 Å². The van der Waals surface area contributed by atoms with Crippen molar-refractivity contribution in [1.29, 1.82) is 0 Å². The molecule has 302 valence electrons. The third-order valence-corrected chi connectivity index (χ3v) is 13.7. The fourth-order valence-corrected chi connectivity index (χ4v) is 10.3. The van der Waals surface area contributed by atoms with Crippen molar-refractivity contribution in [3.8, 4) is 56.0 Å². The molecule has 0 saturated carbocycles. The van der Waals surface area contributed by atoms with Gasteiger partial charge < -0.3 is 14.1 Å². The molecule has 0 unspecified atom stereocenters. The maximum absolute atomic E-state index is 6.82. The van der Waals surface area contributed by atoms with E-state index < -0.39 is 0 Å². The van der Waals surface area contributed by atoms with Gasteiger partial charge in [0, 0.05) is 44.4 Å². The minimum absolute atomic E-state index is 0.138. The summed E-state index contributed by atoms with van der Waals surface area (Å²) in [6.07, 6.45) is 0. The van der Waals surface area contributed by atoms with E-state index in [0.29, 0.717) is 0 Å². The molecule has 2 aliphatic rings. The topological polar surface area (TPSA) is 25.6 Å². The summed E-state index contributed by atoms with van der Waals surface area (Å²) in [4.78, 5) is 2.43. The molecular formula is C60H45NO2. The van der Waals surface area contributed by atoms with Gasteiger partial charge in [0.05, 0.1) is 5.39 Å². The predicted molar refractivity (Wildman–Crippen MR) is 261 cm³/mol. The number of hydrogen-bond acceptors (Lipinski definition) is 3. The van der Waals surface area contributed by atoms with E-state index in [9.17, 15) is 0 Å². The van der Waals surface area contributed by atoms with E-state index in [4.69, 9.17) is 9.15 Å². The standard InChI is InChI=1S/C60H45NO2/c1-59(2)50-21-13-11-19-47(50)48-29-28-45(37-52(48)59)61(46-34-42(38-15-7-5-8-16-38)33-43(35-46)39-17-9-6-10-18-39)44-26-23-40(24-27-44)41-25-31-55-53(36-41)60(3,4)51-30-32-56-57(58(51)63-55)49-20-12-14-22-54(49)62-56/h5-37H,1-4H3. The van der Waals surface area contributed by atoms with Crippen LogP contribution in [0.5, 0.6) is 11.5 Å². The number of hydrogen-bond donors (Lipinski definition) is 0. The van der Waals surface area contributed by atoms with Gasteiger partial charge >= 0.3 is 0 Å². The molecule has 12 rings (SSSR count). The Balaban J connectivity index is 0.978. The van der Waals surface area contributed by atoms with E-state index in [-0.39, 0.29) is 10.8 Å². The van der Waals surface area contributed by atoms with Gasteiger partial charge in [0.15, 0.2) is 0 Å². The molecule has 0 bridgehead atoms. The molecule has 0 radical (unpaired) electrons. The summed E-state index contributed by atoms with van der Waals surface area (Å²) in [6, 6.07) is 72.6. The summed E-state index contributed by atoms with van der Waals surface area (Å²) in [7, 11) is 0. The van der Waals surface area contributed by atoms with Crippen LogP contribution in [0.4, 0.5) is 17.1 Å². The van der Waals surface area contributed by atoms with E-state index >= 15 is 0 Å². The number of anilines is 3. The Morgan fingerprint density at radius 1 is 0.365 bits per heavy atom. The first kappa shape index (κ1) is 37.2. The van der Waals surface area contributed by atoms with Gasteiger partial charge in [0.2, 0.25) is 0 Å². The van der Waals surface area contributed by atoms with Gasteiger partial charge in [-0.2, -0.15) is 0 Å². The molecule has 2 heterocycles. The van der Waals surface area contributed by atoms with E-state index in [2.05, 4.69) is 221 Å². The van der Waals surface area contributed by atoms with Crippen molar-refractivity contribution in [2.45, 2.75) is 38.5 Å². The van der Waals surface area contributed by atoms with Gasteiger partial charge in [-0.05, 0) is 122 Å². The minimum atomic E-state index is -0.302. The molecule has 0 spiro atoms. The van der Waals surface area contributed by atoms with Crippen molar-refractivity contribution in [2.75, 3.05) is 4.90 Å². The zero-order chi connectivity index (χ0) is 42.5. The molecule has 0 saturated heterocycles. The quantitative estimate of drug-likeness (QED) is 0.167. The van der Waals surface area contributed by atoms with Crippen LogP contribution in [0.25, 0.3) is 66.4 Å².